The maximum absolute atomic E-state index is 13.0. The van der Waals surface area contributed by atoms with E-state index in [1.54, 1.807) is 0 Å². The van der Waals surface area contributed by atoms with Crippen molar-refractivity contribution in [3.63, 3.8) is 0 Å². The fourth-order valence-corrected chi connectivity index (χ4v) is 2.98. The van der Waals surface area contributed by atoms with Gasteiger partial charge in [0.05, 0.1) is 0 Å². The van der Waals surface area contributed by atoms with Crippen molar-refractivity contribution in [3.05, 3.63) is 35.6 Å². The highest BCUT2D eigenvalue weighted by Crippen LogP contribution is 2.19. The summed E-state index contributed by atoms with van der Waals surface area (Å²) in [5.41, 5.74) is 1.16. The van der Waals surface area contributed by atoms with Gasteiger partial charge in [-0.2, -0.15) is 0 Å². The van der Waals surface area contributed by atoms with Crippen molar-refractivity contribution in [1.82, 2.24) is 15.1 Å². The molecule has 0 saturated carbocycles. The van der Waals surface area contributed by atoms with Crippen LogP contribution in [0.15, 0.2) is 24.3 Å². The first kappa shape index (κ1) is 15.4. The summed E-state index contributed by atoms with van der Waals surface area (Å²) in [6.07, 6.45) is 1.05. The Bertz CT molecular complexity index is 407. The lowest BCUT2D eigenvalue weighted by atomic mass is 10.0. The van der Waals surface area contributed by atoms with Crippen LogP contribution in [-0.4, -0.2) is 56.1 Å². The largest absolute Gasteiger partial charge is 0.313 e. The Morgan fingerprint density at radius 3 is 2.60 bits per heavy atom. The highest BCUT2D eigenvalue weighted by molar-refractivity contribution is 5.19. The Balaban J connectivity index is 1.89. The van der Waals surface area contributed by atoms with E-state index in [0.717, 1.165) is 38.2 Å². The molecule has 4 heteroatoms. The lowest BCUT2D eigenvalue weighted by Crippen LogP contribution is -2.50. The predicted octanol–water partition coefficient (Wildman–Crippen LogP) is 2.11. The molecule has 0 radical (unpaired) electrons. The molecule has 1 fully saturated rings. The van der Waals surface area contributed by atoms with Gasteiger partial charge in [-0.3, -0.25) is 4.90 Å². The van der Waals surface area contributed by atoms with Gasteiger partial charge in [-0.25, -0.2) is 4.39 Å². The van der Waals surface area contributed by atoms with Crippen molar-refractivity contribution in [3.8, 4) is 0 Å². The third-order valence-corrected chi connectivity index (χ3v) is 4.29. The fourth-order valence-electron chi connectivity index (χ4n) is 2.98. The Hall–Kier alpha value is -0.970. The summed E-state index contributed by atoms with van der Waals surface area (Å²) >= 11 is 0. The average molecular weight is 279 g/mol. The summed E-state index contributed by atoms with van der Waals surface area (Å²) in [4.78, 5) is 4.94. The monoisotopic (exact) mass is 279 g/mol. The highest BCUT2D eigenvalue weighted by atomic mass is 19.1. The van der Waals surface area contributed by atoms with Gasteiger partial charge in [-0.1, -0.05) is 12.1 Å². The summed E-state index contributed by atoms with van der Waals surface area (Å²) in [6, 6.07) is 7.74. The first-order chi connectivity index (χ1) is 9.60. The Labute approximate surface area is 121 Å². The highest BCUT2D eigenvalue weighted by Gasteiger charge is 2.22. The Morgan fingerprint density at radius 2 is 2.00 bits per heavy atom. The Kier molecular flexibility index (Phi) is 5.52. The van der Waals surface area contributed by atoms with E-state index in [-0.39, 0.29) is 5.82 Å². The average Bonchev–Trinajstić information content (AvgIpc) is 2.43. The molecule has 0 aromatic heterocycles. The number of nitrogens with one attached hydrogen (secondary N) is 1. The topological polar surface area (TPSA) is 18.5 Å². The van der Waals surface area contributed by atoms with Crippen molar-refractivity contribution in [1.29, 1.82) is 0 Å². The van der Waals surface area contributed by atoms with Crippen LogP contribution in [0.4, 0.5) is 4.39 Å². The molecule has 1 aromatic carbocycles. The molecule has 1 heterocycles. The maximum atomic E-state index is 13.0. The third-order valence-electron chi connectivity index (χ3n) is 4.29. The van der Waals surface area contributed by atoms with Gasteiger partial charge in [0.15, 0.2) is 0 Å². The van der Waals surface area contributed by atoms with E-state index in [9.17, 15) is 4.39 Å². The first-order valence-corrected chi connectivity index (χ1v) is 7.45. The molecular weight excluding hydrogens is 253 g/mol. The van der Waals surface area contributed by atoms with Crippen LogP contribution in [0.3, 0.4) is 0 Å². The van der Waals surface area contributed by atoms with Crippen LogP contribution < -0.4 is 5.32 Å². The SMILES string of the molecule is CNC(CCN1CCN(C)CC1C)c1ccc(F)cc1. The second-order valence-corrected chi connectivity index (χ2v) is 5.83. The molecule has 1 aliphatic heterocycles. The molecular formula is C16H26FN3. The minimum Gasteiger partial charge on any atom is -0.313 e. The zero-order chi connectivity index (χ0) is 14.5. The molecule has 2 rings (SSSR count). The number of hydrogen-bond acceptors (Lipinski definition) is 3. The molecule has 20 heavy (non-hydrogen) atoms. The molecule has 2 atom stereocenters. The summed E-state index contributed by atoms with van der Waals surface area (Å²) in [5.74, 6) is -0.170. The summed E-state index contributed by atoms with van der Waals surface area (Å²) in [7, 11) is 4.16. The van der Waals surface area contributed by atoms with E-state index >= 15 is 0 Å². The maximum Gasteiger partial charge on any atom is 0.123 e. The van der Waals surface area contributed by atoms with Crippen LogP contribution in [0, 0.1) is 5.82 Å². The van der Waals surface area contributed by atoms with Gasteiger partial charge in [0.1, 0.15) is 5.82 Å². The van der Waals surface area contributed by atoms with Gasteiger partial charge in [0.2, 0.25) is 0 Å². The van der Waals surface area contributed by atoms with Gasteiger partial charge in [0, 0.05) is 38.3 Å². The van der Waals surface area contributed by atoms with E-state index in [4.69, 9.17) is 0 Å². The van der Waals surface area contributed by atoms with Crippen molar-refractivity contribution in [2.24, 2.45) is 0 Å². The van der Waals surface area contributed by atoms with Gasteiger partial charge < -0.3 is 10.2 Å². The molecule has 1 aliphatic rings. The standard InChI is InChI=1S/C16H26FN3/c1-13-12-19(3)10-11-20(13)9-8-16(18-2)14-4-6-15(17)7-5-14/h4-7,13,16,18H,8-12H2,1-3H3. The van der Waals surface area contributed by atoms with E-state index in [1.165, 1.54) is 12.1 Å². The Morgan fingerprint density at radius 1 is 1.30 bits per heavy atom. The van der Waals surface area contributed by atoms with Gasteiger partial charge in [-0.15, -0.1) is 0 Å². The quantitative estimate of drug-likeness (QED) is 0.890. The molecule has 1 N–H and O–H groups in total. The number of benzene rings is 1. The van der Waals surface area contributed by atoms with Crippen LogP contribution >= 0.6 is 0 Å². The van der Waals surface area contributed by atoms with Crippen LogP contribution in [0.1, 0.15) is 24.9 Å². The number of halogens is 1. The van der Waals surface area contributed by atoms with Gasteiger partial charge >= 0.3 is 0 Å². The molecule has 3 nitrogen and oxygen atoms in total. The molecule has 2 unspecified atom stereocenters. The molecule has 0 amide bonds. The molecule has 112 valence electrons. The zero-order valence-electron chi connectivity index (χ0n) is 12.8. The van der Waals surface area contributed by atoms with Gasteiger partial charge in [0.25, 0.3) is 0 Å². The van der Waals surface area contributed by atoms with Crippen molar-refractivity contribution < 1.29 is 4.39 Å². The molecule has 0 spiro atoms. The number of likely N-dealkylation sites (N-methyl/N-ethyl adjacent to an activating group) is 1. The van der Waals surface area contributed by atoms with Crippen LogP contribution in [0.5, 0.6) is 0 Å². The molecule has 0 aliphatic carbocycles. The molecule has 1 aromatic rings. The van der Waals surface area contributed by atoms with E-state index in [1.807, 2.05) is 19.2 Å². The van der Waals surface area contributed by atoms with E-state index in [2.05, 4.69) is 29.1 Å². The third kappa shape index (κ3) is 4.01. The molecule has 0 bridgehead atoms. The van der Waals surface area contributed by atoms with Crippen LogP contribution in [-0.2, 0) is 0 Å². The van der Waals surface area contributed by atoms with Gasteiger partial charge in [-0.05, 0) is 45.1 Å². The number of nitrogens with zero attached hydrogens (tertiary/aromatic N) is 2. The number of rotatable bonds is 5. The zero-order valence-corrected chi connectivity index (χ0v) is 12.8. The second-order valence-electron chi connectivity index (χ2n) is 5.83. The van der Waals surface area contributed by atoms with Crippen molar-refractivity contribution in [2.75, 3.05) is 40.3 Å². The van der Waals surface area contributed by atoms with E-state index in [0.29, 0.717) is 12.1 Å². The van der Waals surface area contributed by atoms with Crippen LogP contribution in [0.2, 0.25) is 0 Å². The minimum absolute atomic E-state index is 0.170. The number of hydrogen-bond donors (Lipinski definition) is 1. The van der Waals surface area contributed by atoms with Crippen molar-refractivity contribution >= 4 is 0 Å². The normalized spacial score (nSPS) is 22.9. The van der Waals surface area contributed by atoms with E-state index < -0.39 is 0 Å². The molecule has 1 saturated heterocycles. The number of piperazine rings is 1. The summed E-state index contributed by atoms with van der Waals surface area (Å²) in [6.45, 7) is 6.79. The fraction of sp³-hybridized carbons (Fsp3) is 0.625. The van der Waals surface area contributed by atoms with Crippen molar-refractivity contribution in [2.45, 2.75) is 25.4 Å². The second kappa shape index (κ2) is 7.16. The first-order valence-electron chi connectivity index (χ1n) is 7.45. The smallest absolute Gasteiger partial charge is 0.123 e. The predicted molar refractivity (Wildman–Crippen MR) is 81.3 cm³/mol. The van der Waals surface area contributed by atoms with Crippen LogP contribution in [0.25, 0.3) is 0 Å². The lowest BCUT2D eigenvalue weighted by Gasteiger charge is -2.38. The summed E-state index contributed by atoms with van der Waals surface area (Å²) in [5, 5.41) is 3.34. The minimum atomic E-state index is -0.170. The lowest BCUT2D eigenvalue weighted by molar-refractivity contribution is 0.0963. The summed E-state index contributed by atoms with van der Waals surface area (Å²) < 4.78 is 13.0.